The summed E-state index contributed by atoms with van der Waals surface area (Å²) < 4.78 is 5.34. The summed E-state index contributed by atoms with van der Waals surface area (Å²) in [6.07, 6.45) is 0.992. The average Bonchev–Trinajstić information content (AvgIpc) is 2.85. The molecule has 1 N–H and O–H groups in total. The van der Waals surface area contributed by atoms with Gasteiger partial charge in [-0.2, -0.15) is 5.26 Å². The molecule has 1 aromatic heterocycles. The molecule has 1 aromatic carbocycles. The quantitative estimate of drug-likeness (QED) is 0.887. The lowest BCUT2D eigenvalue weighted by atomic mass is 10.1. The number of nitriles is 1. The van der Waals surface area contributed by atoms with E-state index in [1.807, 2.05) is 12.1 Å². The first-order chi connectivity index (χ1) is 8.74. The van der Waals surface area contributed by atoms with E-state index in [1.165, 1.54) is 11.1 Å². The minimum absolute atomic E-state index is 0.354. The maximum Gasteiger partial charge on any atom is 0.203 e. The van der Waals surface area contributed by atoms with Crippen molar-refractivity contribution in [3.8, 4) is 6.07 Å². The summed E-state index contributed by atoms with van der Waals surface area (Å²) in [7, 11) is 0. The van der Waals surface area contributed by atoms with Crippen molar-refractivity contribution in [3.05, 3.63) is 53.0 Å². The van der Waals surface area contributed by atoms with Crippen molar-refractivity contribution in [1.29, 1.82) is 5.26 Å². The van der Waals surface area contributed by atoms with Gasteiger partial charge in [0.05, 0.1) is 6.54 Å². The van der Waals surface area contributed by atoms with Crippen molar-refractivity contribution in [2.24, 2.45) is 0 Å². The predicted octanol–water partition coefficient (Wildman–Crippen LogP) is 3.63. The fourth-order valence-electron chi connectivity index (χ4n) is 1.98. The van der Waals surface area contributed by atoms with E-state index in [2.05, 4.69) is 37.4 Å². The Morgan fingerprint density at radius 3 is 2.78 bits per heavy atom. The molecule has 0 bridgehead atoms. The smallest absolute Gasteiger partial charge is 0.203 e. The molecule has 2 rings (SSSR count). The van der Waals surface area contributed by atoms with Crippen LogP contribution in [0.15, 0.2) is 34.7 Å². The highest BCUT2D eigenvalue weighted by atomic mass is 16.3. The number of nitrogens with zero attached hydrogens (tertiary/aromatic N) is 1. The second-order valence-corrected chi connectivity index (χ2v) is 4.19. The first-order valence-electron chi connectivity index (χ1n) is 6.05. The van der Waals surface area contributed by atoms with Gasteiger partial charge in [-0.05, 0) is 36.6 Å². The van der Waals surface area contributed by atoms with E-state index in [0.717, 1.165) is 17.9 Å². The Morgan fingerprint density at radius 1 is 1.28 bits per heavy atom. The fourth-order valence-corrected chi connectivity index (χ4v) is 1.98. The first-order valence-corrected chi connectivity index (χ1v) is 6.05. The van der Waals surface area contributed by atoms with Crippen LogP contribution in [0, 0.1) is 18.3 Å². The first kappa shape index (κ1) is 12.3. The van der Waals surface area contributed by atoms with Crippen LogP contribution >= 0.6 is 0 Å². The van der Waals surface area contributed by atoms with Gasteiger partial charge in [-0.25, -0.2) is 0 Å². The van der Waals surface area contributed by atoms with Gasteiger partial charge in [-0.1, -0.05) is 25.1 Å². The lowest BCUT2D eigenvalue weighted by Gasteiger charge is -2.12. The number of rotatable bonds is 4. The molecule has 0 aliphatic rings. The molecular formula is C15H16N2O. The van der Waals surface area contributed by atoms with Crippen LogP contribution < -0.4 is 5.32 Å². The summed E-state index contributed by atoms with van der Waals surface area (Å²) in [5.74, 6) is 1.13. The Morgan fingerprint density at radius 2 is 2.11 bits per heavy atom. The monoisotopic (exact) mass is 240 g/mol. The number of para-hydroxylation sites is 1. The molecule has 92 valence electrons. The summed E-state index contributed by atoms with van der Waals surface area (Å²) >= 11 is 0. The molecule has 0 radical (unpaired) electrons. The van der Waals surface area contributed by atoms with Gasteiger partial charge < -0.3 is 9.73 Å². The number of nitrogens with one attached hydrogen (secondary N) is 1. The SMILES string of the molecule is CCc1cccc(C)c1NCc1ccc(C#N)o1. The zero-order chi connectivity index (χ0) is 13.0. The molecule has 1 heterocycles. The van der Waals surface area contributed by atoms with Gasteiger partial charge in [0.2, 0.25) is 5.76 Å². The van der Waals surface area contributed by atoms with Crippen molar-refractivity contribution in [1.82, 2.24) is 0 Å². The topological polar surface area (TPSA) is 49.0 Å². The second kappa shape index (κ2) is 5.42. The summed E-state index contributed by atoms with van der Waals surface area (Å²) in [6.45, 7) is 4.82. The van der Waals surface area contributed by atoms with Gasteiger partial charge in [0.1, 0.15) is 11.8 Å². The van der Waals surface area contributed by atoms with Crippen LogP contribution in [0.5, 0.6) is 0 Å². The van der Waals surface area contributed by atoms with Crippen LogP contribution in [-0.4, -0.2) is 0 Å². The van der Waals surface area contributed by atoms with Crippen LogP contribution in [0.3, 0.4) is 0 Å². The molecule has 18 heavy (non-hydrogen) atoms. The standard InChI is InChI=1S/C15H16N2O/c1-3-12-6-4-5-11(2)15(12)17-10-14-8-7-13(9-16)18-14/h4-8,17H,3,10H2,1-2H3. The van der Waals surface area contributed by atoms with Crippen molar-refractivity contribution in [3.63, 3.8) is 0 Å². The molecule has 0 unspecified atom stereocenters. The minimum Gasteiger partial charge on any atom is -0.449 e. The number of benzene rings is 1. The zero-order valence-electron chi connectivity index (χ0n) is 10.7. The summed E-state index contributed by atoms with van der Waals surface area (Å²) in [4.78, 5) is 0. The van der Waals surface area contributed by atoms with Gasteiger partial charge in [0, 0.05) is 5.69 Å². The van der Waals surface area contributed by atoms with Crippen molar-refractivity contribution in [2.45, 2.75) is 26.8 Å². The van der Waals surface area contributed by atoms with E-state index in [1.54, 1.807) is 6.07 Å². The maximum absolute atomic E-state index is 8.70. The van der Waals surface area contributed by atoms with Crippen molar-refractivity contribution < 1.29 is 4.42 Å². The Hall–Kier alpha value is -2.21. The lowest BCUT2D eigenvalue weighted by Crippen LogP contribution is -2.03. The largest absolute Gasteiger partial charge is 0.449 e. The van der Waals surface area contributed by atoms with Gasteiger partial charge in [-0.15, -0.1) is 0 Å². The van der Waals surface area contributed by atoms with Crippen molar-refractivity contribution >= 4 is 5.69 Å². The Labute approximate surface area is 107 Å². The Balaban J connectivity index is 2.13. The van der Waals surface area contributed by atoms with Crippen LogP contribution in [0.2, 0.25) is 0 Å². The lowest BCUT2D eigenvalue weighted by molar-refractivity contribution is 0.506. The fraction of sp³-hybridized carbons (Fsp3) is 0.267. The van der Waals surface area contributed by atoms with Crippen LogP contribution in [0.4, 0.5) is 5.69 Å². The van der Waals surface area contributed by atoms with E-state index >= 15 is 0 Å². The highest BCUT2D eigenvalue weighted by Crippen LogP contribution is 2.22. The number of hydrogen-bond acceptors (Lipinski definition) is 3. The number of aryl methyl sites for hydroxylation is 2. The van der Waals surface area contributed by atoms with Crippen LogP contribution in [0.25, 0.3) is 0 Å². The third kappa shape index (κ3) is 2.54. The highest BCUT2D eigenvalue weighted by molar-refractivity contribution is 5.57. The second-order valence-electron chi connectivity index (χ2n) is 4.19. The molecule has 0 fully saturated rings. The van der Waals surface area contributed by atoms with Crippen LogP contribution in [-0.2, 0) is 13.0 Å². The van der Waals surface area contributed by atoms with Gasteiger partial charge >= 0.3 is 0 Å². The summed E-state index contributed by atoms with van der Waals surface area (Å²) in [5, 5.41) is 12.1. The third-order valence-corrected chi connectivity index (χ3v) is 2.95. The van der Waals surface area contributed by atoms with Gasteiger partial charge in [0.15, 0.2) is 0 Å². The Bertz CT molecular complexity index is 578. The molecule has 0 aliphatic carbocycles. The average molecular weight is 240 g/mol. The number of furan rings is 1. The molecule has 0 atom stereocenters. The molecule has 0 amide bonds. The molecule has 3 nitrogen and oxygen atoms in total. The normalized spacial score (nSPS) is 10.1. The molecule has 0 saturated carbocycles. The van der Waals surface area contributed by atoms with E-state index in [0.29, 0.717) is 12.3 Å². The molecule has 0 aliphatic heterocycles. The van der Waals surface area contributed by atoms with E-state index in [4.69, 9.17) is 9.68 Å². The van der Waals surface area contributed by atoms with E-state index in [9.17, 15) is 0 Å². The highest BCUT2D eigenvalue weighted by Gasteiger charge is 2.05. The summed E-state index contributed by atoms with van der Waals surface area (Å²) in [5.41, 5.74) is 3.68. The molecule has 0 saturated heterocycles. The minimum atomic E-state index is 0.354. The number of anilines is 1. The zero-order valence-corrected chi connectivity index (χ0v) is 10.7. The van der Waals surface area contributed by atoms with E-state index in [-0.39, 0.29) is 0 Å². The molecule has 3 heteroatoms. The van der Waals surface area contributed by atoms with Gasteiger partial charge in [0.25, 0.3) is 0 Å². The van der Waals surface area contributed by atoms with Crippen LogP contribution in [0.1, 0.15) is 29.6 Å². The maximum atomic E-state index is 8.70. The molecule has 0 spiro atoms. The predicted molar refractivity (Wildman–Crippen MR) is 71.3 cm³/mol. The number of hydrogen-bond donors (Lipinski definition) is 1. The molecule has 2 aromatic rings. The third-order valence-electron chi connectivity index (χ3n) is 2.95. The van der Waals surface area contributed by atoms with Crippen molar-refractivity contribution in [2.75, 3.05) is 5.32 Å². The van der Waals surface area contributed by atoms with Gasteiger partial charge in [-0.3, -0.25) is 0 Å². The molecular weight excluding hydrogens is 224 g/mol. The summed E-state index contributed by atoms with van der Waals surface area (Å²) in [6, 6.07) is 11.8. The Kier molecular flexibility index (Phi) is 3.69. The van der Waals surface area contributed by atoms with E-state index < -0.39 is 0 Å².